The molecular weight excluding hydrogens is 461 g/mol. The molecule has 1 atom stereocenters. The third-order valence-electron chi connectivity index (χ3n) is 4.94. The first-order valence-corrected chi connectivity index (χ1v) is 10.2. The van der Waals surface area contributed by atoms with Gasteiger partial charge in [0.05, 0.1) is 23.9 Å². The van der Waals surface area contributed by atoms with E-state index in [-0.39, 0.29) is 30.5 Å². The number of hydrogen-bond acceptors (Lipinski definition) is 5. The lowest BCUT2D eigenvalue weighted by Crippen LogP contribution is -2.43. The van der Waals surface area contributed by atoms with E-state index in [1.807, 2.05) is 4.90 Å². The van der Waals surface area contributed by atoms with Crippen LogP contribution in [-0.2, 0) is 0 Å². The van der Waals surface area contributed by atoms with E-state index in [0.717, 1.165) is 17.8 Å². The van der Waals surface area contributed by atoms with Crippen molar-refractivity contribution in [1.29, 1.82) is 0 Å². The molecule has 0 fully saturated rings. The molecule has 0 radical (unpaired) electrons. The van der Waals surface area contributed by atoms with Crippen molar-refractivity contribution in [2.75, 3.05) is 23.4 Å². The highest BCUT2D eigenvalue weighted by molar-refractivity contribution is 6.30. The maximum absolute atomic E-state index is 13.0. The zero-order valence-electron chi connectivity index (χ0n) is 17.0. The van der Waals surface area contributed by atoms with Crippen molar-refractivity contribution in [2.24, 2.45) is 0 Å². The van der Waals surface area contributed by atoms with E-state index in [2.05, 4.69) is 10.1 Å². The molecule has 0 bridgehead atoms. The standard InChI is InChI=1S/C23H18ClF3N2O4/c24-14-4-8-16(9-5-14)29-17(12-30)13-32-21-19(2-1-3-20(21)29)22(31)28-15-6-10-18(11-7-15)33-23(25,26)27/h1-11,17,30H,12-13H2,(H,28,31). The molecule has 4 rings (SSSR count). The molecular formula is C23H18ClF3N2O4. The van der Waals surface area contributed by atoms with Gasteiger partial charge in [0.2, 0.25) is 0 Å². The second-order valence-corrected chi connectivity index (χ2v) is 7.61. The third kappa shape index (κ3) is 5.15. The van der Waals surface area contributed by atoms with Gasteiger partial charge in [-0.1, -0.05) is 17.7 Å². The first-order valence-electron chi connectivity index (χ1n) is 9.84. The van der Waals surface area contributed by atoms with Crippen LogP contribution in [0.25, 0.3) is 0 Å². The lowest BCUT2D eigenvalue weighted by molar-refractivity contribution is -0.274. The molecule has 0 aliphatic carbocycles. The van der Waals surface area contributed by atoms with E-state index in [4.69, 9.17) is 16.3 Å². The van der Waals surface area contributed by atoms with Gasteiger partial charge in [-0.2, -0.15) is 0 Å². The largest absolute Gasteiger partial charge is 0.573 e. The van der Waals surface area contributed by atoms with Crippen LogP contribution in [-0.4, -0.2) is 36.6 Å². The van der Waals surface area contributed by atoms with Gasteiger partial charge in [0, 0.05) is 16.4 Å². The minimum Gasteiger partial charge on any atom is -0.488 e. The molecule has 1 aliphatic rings. The van der Waals surface area contributed by atoms with Crippen LogP contribution in [0.4, 0.5) is 30.2 Å². The molecule has 10 heteroatoms. The summed E-state index contributed by atoms with van der Waals surface area (Å²) in [6.07, 6.45) is -4.80. The molecule has 1 unspecified atom stereocenters. The van der Waals surface area contributed by atoms with Crippen LogP contribution in [0.5, 0.6) is 11.5 Å². The molecule has 6 nitrogen and oxygen atoms in total. The van der Waals surface area contributed by atoms with Gasteiger partial charge in [-0.3, -0.25) is 4.79 Å². The summed E-state index contributed by atoms with van der Waals surface area (Å²) in [5, 5.41) is 13.1. The number of alkyl halides is 3. The Labute approximate surface area is 192 Å². The molecule has 0 saturated carbocycles. The Morgan fingerprint density at radius 3 is 2.45 bits per heavy atom. The van der Waals surface area contributed by atoms with Gasteiger partial charge in [0.15, 0.2) is 5.75 Å². The number of carbonyl (C=O) groups excluding carboxylic acids is 1. The number of fused-ring (bicyclic) bond motifs is 1. The number of para-hydroxylation sites is 1. The fourth-order valence-corrected chi connectivity index (χ4v) is 3.65. The Bertz CT molecular complexity index is 1140. The first-order chi connectivity index (χ1) is 15.7. The Morgan fingerprint density at radius 2 is 1.82 bits per heavy atom. The van der Waals surface area contributed by atoms with Crippen molar-refractivity contribution in [3.63, 3.8) is 0 Å². The van der Waals surface area contributed by atoms with Crippen LogP contribution in [0, 0.1) is 0 Å². The number of aliphatic hydroxyl groups is 1. The summed E-state index contributed by atoms with van der Waals surface area (Å²) >= 11 is 6.00. The maximum Gasteiger partial charge on any atom is 0.573 e. The molecule has 172 valence electrons. The van der Waals surface area contributed by atoms with Gasteiger partial charge in [0.25, 0.3) is 5.91 Å². The monoisotopic (exact) mass is 478 g/mol. The van der Waals surface area contributed by atoms with Gasteiger partial charge >= 0.3 is 6.36 Å². The highest BCUT2D eigenvalue weighted by Crippen LogP contribution is 2.41. The number of benzene rings is 3. The number of hydrogen-bond donors (Lipinski definition) is 2. The minimum absolute atomic E-state index is 0.139. The van der Waals surface area contributed by atoms with E-state index in [9.17, 15) is 23.1 Å². The van der Waals surface area contributed by atoms with E-state index in [1.54, 1.807) is 42.5 Å². The summed E-state index contributed by atoms with van der Waals surface area (Å²) in [6.45, 7) is -0.0370. The summed E-state index contributed by atoms with van der Waals surface area (Å²) in [4.78, 5) is 14.8. The Balaban J connectivity index is 1.60. The van der Waals surface area contributed by atoms with E-state index < -0.39 is 18.0 Å². The van der Waals surface area contributed by atoms with Crippen LogP contribution in [0.2, 0.25) is 5.02 Å². The van der Waals surface area contributed by atoms with Gasteiger partial charge in [0.1, 0.15) is 12.4 Å². The number of anilines is 3. The summed E-state index contributed by atoms with van der Waals surface area (Å²) in [6, 6.07) is 16.5. The van der Waals surface area contributed by atoms with Gasteiger partial charge in [-0.15, -0.1) is 13.2 Å². The molecule has 1 heterocycles. The first kappa shape index (κ1) is 22.8. The quantitative estimate of drug-likeness (QED) is 0.515. The molecule has 0 saturated heterocycles. The van der Waals surface area contributed by atoms with Crippen molar-refractivity contribution in [1.82, 2.24) is 0 Å². The third-order valence-corrected chi connectivity index (χ3v) is 5.20. The predicted octanol–water partition coefficient (Wildman–Crippen LogP) is 5.38. The Kier molecular flexibility index (Phi) is 6.35. The van der Waals surface area contributed by atoms with Crippen LogP contribution >= 0.6 is 11.6 Å². The summed E-state index contributed by atoms with van der Waals surface area (Å²) < 4.78 is 46.7. The normalized spacial score (nSPS) is 15.4. The molecule has 3 aromatic rings. The van der Waals surface area contributed by atoms with E-state index >= 15 is 0 Å². The Hall–Kier alpha value is -3.43. The minimum atomic E-state index is -4.80. The molecule has 3 aromatic carbocycles. The average molecular weight is 479 g/mol. The SMILES string of the molecule is O=C(Nc1ccc(OC(F)(F)F)cc1)c1cccc2c1OCC(CO)N2c1ccc(Cl)cc1. The van der Waals surface area contributed by atoms with Gasteiger partial charge in [-0.05, 0) is 60.7 Å². The number of nitrogens with one attached hydrogen (secondary N) is 1. The zero-order chi connectivity index (χ0) is 23.6. The molecule has 1 aliphatic heterocycles. The molecule has 0 spiro atoms. The van der Waals surface area contributed by atoms with Crippen LogP contribution in [0.15, 0.2) is 66.7 Å². The Morgan fingerprint density at radius 1 is 1.12 bits per heavy atom. The zero-order valence-corrected chi connectivity index (χ0v) is 17.7. The second-order valence-electron chi connectivity index (χ2n) is 7.17. The maximum atomic E-state index is 13.0. The lowest BCUT2D eigenvalue weighted by atomic mass is 10.1. The molecule has 1 amide bonds. The van der Waals surface area contributed by atoms with E-state index in [0.29, 0.717) is 16.5 Å². The van der Waals surface area contributed by atoms with Crippen LogP contribution in [0.3, 0.4) is 0 Å². The number of nitrogens with zero attached hydrogens (tertiary/aromatic N) is 1. The molecule has 33 heavy (non-hydrogen) atoms. The van der Waals surface area contributed by atoms with E-state index in [1.165, 1.54) is 12.1 Å². The number of ether oxygens (including phenoxy) is 2. The van der Waals surface area contributed by atoms with Crippen LogP contribution < -0.4 is 19.7 Å². The van der Waals surface area contributed by atoms with Crippen molar-refractivity contribution < 1.29 is 32.5 Å². The smallest absolute Gasteiger partial charge is 0.488 e. The summed E-state index contributed by atoms with van der Waals surface area (Å²) in [7, 11) is 0. The lowest BCUT2D eigenvalue weighted by Gasteiger charge is -2.38. The topological polar surface area (TPSA) is 71.0 Å². The number of rotatable bonds is 5. The number of halogens is 4. The van der Waals surface area contributed by atoms with Crippen molar-refractivity contribution in [2.45, 2.75) is 12.4 Å². The van der Waals surface area contributed by atoms with Gasteiger partial charge < -0.3 is 24.8 Å². The number of amides is 1. The highest BCUT2D eigenvalue weighted by atomic mass is 35.5. The average Bonchev–Trinajstić information content (AvgIpc) is 2.79. The predicted molar refractivity (Wildman–Crippen MR) is 117 cm³/mol. The van der Waals surface area contributed by atoms with Gasteiger partial charge in [-0.25, -0.2) is 0 Å². The fraction of sp³-hybridized carbons (Fsp3) is 0.174. The van der Waals surface area contributed by atoms with Crippen LogP contribution in [0.1, 0.15) is 10.4 Å². The summed E-state index contributed by atoms with van der Waals surface area (Å²) in [5.74, 6) is -0.573. The van der Waals surface area contributed by atoms with Crippen molar-refractivity contribution in [3.05, 3.63) is 77.3 Å². The second kappa shape index (κ2) is 9.21. The van der Waals surface area contributed by atoms with Crippen molar-refractivity contribution in [3.8, 4) is 11.5 Å². The highest BCUT2D eigenvalue weighted by Gasteiger charge is 2.32. The fourth-order valence-electron chi connectivity index (χ4n) is 3.52. The number of carbonyl (C=O) groups is 1. The molecule has 2 N–H and O–H groups in total. The number of aliphatic hydroxyl groups excluding tert-OH is 1. The molecule has 0 aromatic heterocycles. The summed E-state index contributed by atoms with van der Waals surface area (Å²) in [5.41, 5.74) is 1.87. The van der Waals surface area contributed by atoms with Crippen molar-refractivity contribution >= 4 is 34.6 Å².